The number of piperazine rings is 1. The molecular formula is C36H50N6O8. The number of amides is 5. The van der Waals surface area contributed by atoms with Crippen molar-refractivity contribution in [2.24, 2.45) is 0 Å². The lowest BCUT2D eigenvalue weighted by Gasteiger charge is -2.36. The summed E-state index contributed by atoms with van der Waals surface area (Å²) in [6.07, 6.45) is 4.63. The number of unbranched alkanes of at least 4 members (excludes halogenated alkanes) is 1. The van der Waals surface area contributed by atoms with Gasteiger partial charge in [-0.1, -0.05) is 19.4 Å². The first-order valence-corrected chi connectivity index (χ1v) is 17.9. The van der Waals surface area contributed by atoms with Crippen molar-refractivity contribution in [3.05, 3.63) is 35.5 Å². The van der Waals surface area contributed by atoms with Gasteiger partial charge in [0, 0.05) is 56.8 Å². The molecule has 0 radical (unpaired) electrons. The number of aliphatic hydroxyl groups excluding tert-OH is 1. The number of likely N-dealkylation sites (tertiary alicyclic amines) is 1. The van der Waals surface area contributed by atoms with E-state index in [4.69, 9.17) is 9.47 Å². The van der Waals surface area contributed by atoms with Crippen molar-refractivity contribution in [3.63, 3.8) is 0 Å². The summed E-state index contributed by atoms with van der Waals surface area (Å²) >= 11 is 0. The average Bonchev–Trinajstić information content (AvgIpc) is 3.59. The Balaban J connectivity index is 1.27. The van der Waals surface area contributed by atoms with Gasteiger partial charge in [-0.3, -0.25) is 19.2 Å². The van der Waals surface area contributed by atoms with E-state index in [1.165, 1.54) is 6.07 Å². The Morgan fingerprint density at radius 3 is 2.40 bits per heavy atom. The molecule has 3 heterocycles. The number of benzene rings is 1. The van der Waals surface area contributed by atoms with Gasteiger partial charge in [-0.2, -0.15) is 0 Å². The molecular weight excluding hydrogens is 644 g/mol. The van der Waals surface area contributed by atoms with Crippen LogP contribution >= 0.6 is 0 Å². The fraction of sp³-hybridized carbons (Fsp3) is 0.611. The molecule has 2 saturated heterocycles. The maximum Gasteiger partial charge on any atom is 0.409 e. The number of aromatic nitrogens is 1. The lowest BCUT2D eigenvalue weighted by atomic mass is 9.93. The minimum Gasteiger partial charge on any atom is -0.480 e. The first-order valence-electron chi connectivity index (χ1n) is 17.9. The van der Waals surface area contributed by atoms with E-state index in [2.05, 4.69) is 15.6 Å². The third-order valence-corrected chi connectivity index (χ3v) is 9.70. The number of aryl methyl sites for hydroxylation is 1. The van der Waals surface area contributed by atoms with Crippen molar-refractivity contribution in [2.75, 3.05) is 45.9 Å². The van der Waals surface area contributed by atoms with Crippen molar-refractivity contribution >= 4 is 40.6 Å². The summed E-state index contributed by atoms with van der Waals surface area (Å²) in [7, 11) is 0. The van der Waals surface area contributed by atoms with Crippen LogP contribution in [0.2, 0.25) is 0 Å². The van der Waals surface area contributed by atoms with Gasteiger partial charge in [0.15, 0.2) is 6.10 Å². The molecule has 0 spiro atoms. The number of carbonyl (C=O) groups excluding carboxylic acids is 5. The summed E-state index contributed by atoms with van der Waals surface area (Å²) in [6.45, 7) is 7.11. The van der Waals surface area contributed by atoms with E-state index in [0.717, 1.165) is 44.1 Å². The maximum atomic E-state index is 13.7. The Morgan fingerprint density at radius 2 is 1.72 bits per heavy atom. The monoisotopic (exact) mass is 694 g/mol. The fourth-order valence-corrected chi connectivity index (χ4v) is 6.49. The molecule has 1 saturated carbocycles. The first kappa shape index (κ1) is 36.8. The highest BCUT2D eigenvalue weighted by molar-refractivity contribution is 5.99. The molecule has 3 fully saturated rings. The smallest absolute Gasteiger partial charge is 0.409 e. The first-order chi connectivity index (χ1) is 24.1. The average molecular weight is 695 g/mol. The molecule has 50 heavy (non-hydrogen) atoms. The molecule has 5 rings (SSSR count). The summed E-state index contributed by atoms with van der Waals surface area (Å²) in [5.41, 5.74) is 1.35. The van der Waals surface area contributed by atoms with Gasteiger partial charge >= 0.3 is 6.09 Å². The number of nitrogens with one attached hydrogen (secondary N) is 2. The van der Waals surface area contributed by atoms with Gasteiger partial charge in [0.05, 0.1) is 12.1 Å². The number of rotatable bonds is 13. The zero-order chi connectivity index (χ0) is 35.8. The molecule has 2 aliphatic heterocycles. The van der Waals surface area contributed by atoms with Gasteiger partial charge in [0.2, 0.25) is 11.8 Å². The lowest BCUT2D eigenvalue weighted by Crippen LogP contribution is -2.56. The van der Waals surface area contributed by atoms with Crippen molar-refractivity contribution < 1.29 is 38.6 Å². The molecule has 14 heteroatoms. The Hall–Kier alpha value is -4.46. The van der Waals surface area contributed by atoms with E-state index >= 15 is 0 Å². The largest absolute Gasteiger partial charge is 0.480 e. The van der Waals surface area contributed by atoms with Crippen LogP contribution in [0.4, 0.5) is 4.79 Å². The van der Waals surface area contributed by atoms with Crippen LogP contribution in [0.3, 0.4) is 0 Å². The summed E-state index contributed by atoms with van der Waals surface area (Å²) in [5, 5.41) is 16.2. The highest BCUT2D eigenvalue weighted by Crippen LogP contribution is 2.29. The molecule has 14 nitrogen and oxygen atoms in total. The number of ether oxygens (including phenoxy) is 2. The van der Waals surface area contributed by atoms with Gasteiger partial charge in [0.25, 0.3) is 11.8 Å². The number of hydrogen-bond acceptors (Lipinski definition) is 9. The molecule has 5 amide bonds. The van der Waals surface area contributed by atoms with Crippen LogP contribution in [-0.2, 0) is 19.1 Å². The maximum absolute atomic E-state index is 13.7. The minimum atomic E-state index is -1.03. The van der Waals surface area contributed by atoms with Crippen molar-refractivity contribution in [1.29, 1.82) is 0 Å². The van der Waals surface area contributed by atoms with Crippen LogP contribution in [0.1, 0.15) is 81.3 Å². The number of hydrogen-bond donors (Lipinski definition) is 3. The van der Waals surface area contributed by atoms with Gasteiger partial charge in [-0.05, 0) is 76.5 Å². The zero-order valence-electron chi connectivity index (χ0n) is 29.3. The third kappa shape index (κ3) is 8.82. The normalized spacial score (nSPS) is 19.0. The Labute approximate surface area is 292 Å². The molecule has 0 unspecified atom stereocenters. The second-order valence-electron chi connectivity index (χ2n) is 13.4. The Bertz CT molecular complexity index is 1560. The second kappa shape index (κ2) is 17.0. The van der Waals surface area contributed by atoms with Crippen LogP contribution in [-0.4, -0.2) is 125 Å². The highest BCUT2D eigenvalue weighted by atomic mass is 16.6. The zero-order valence-corrected chi connectivity index (χ0v) is 29.3. The number of aliphatic hydroxyl groups is 1. The summed E-state index contributed by atoms with van der Waals surface area (Å²) in [4.78, 5) is 75.4. The van der Waals surface area contributed by atoms with E-state index in [-0.39, 0.29) is 61.3 Å². The van der Waals surface area contributed by atoms with E-state index in [1.54, 1.807) is 27.7 Å². The lowest BCUT2D eigenvalue weighted by molar-refractivity contribution is -0.143. The quantitative estimate of drug-likeness (QED) is 0.267. The highest BCUT2D eigenvalue weighted by Gasteiger charge is 2.38. The Kier molecular flexibility index (Phi) is 12.5. The van der Waals surface area contributed by atoms with Crippen molar-refractivity contribution in [2.45, 2.75) is 96.4 Å². The summed E-state index contributed by atoms with van der Waals surface area (Å²) in [6, 6.07) is 5.54. The van der Waals surface area contributed by atoms with Gasteiger partial charge in [0.1, 0.15) is 23.5 Å². The van der Waals surface area contributed by atoms with Gasteiger partial charge in [-0.15, -0.1) is 0 Å². The van der Waals surface area contributed by atoms with Crippen molar-refractivity contribution in [3.8, 4) is 5.75 Å². The van der Waals surface area contributed by atoms with Gasteiger partial charge in [-0.25, -0.2) is 9.78 Å². The van der Waals surface area contributed by atoms with E-state index in [9.17, 15) is 29.1 Å². The molecule has 0 bridgehead atoms. The molecule has 1 aromatic heterocycles. The Morgan fingerprint density at radius 1 is 0.980 bits per heavy atom. The number of carbonyl (C=O) groups is 5. The van der Waals surface area contributed by atoms with E-state index in [1.807, 2.05) is 26.0 Å². The van der Waals surface area contributed by atoms with E-state index in [0.29, 0.717) is 43.6 Å². The van der Waals surface area contributed by atoms with Crippen LogP contribution in [0.5, 0.6) is 5.75 Å². The number of nitrogens with zero attached hydrogens (tertiary/aromatic N) is 4. The third-order valence-electron chi connectivity index (χ3n) is 9.70. The molecule has 3 N–H and O–H groups in total. The van der Waals surface area contributed by atoms with Gasteiger partial charge < -0.3 is 39.9 Å². The predicted molar refractivity (Wildman–Crippen MR) is 184 cm³/mol. The SMILES string of the molecule is CCCCOC(=O)N1CCN(C(=O)[C@H](CCO)NC(=O)c2cc(O[C@H](C)C(=O)N3CCC[C@H]3C(=O)NC3CCC3)c3ccc(C)cc3n2)CC1. The molecule has 1 aliphatic carbocycles. The van der Waals surface area contributed by atoms with E-state index < -0.39 is 30.2 Å². The molecule has 1 aromatic carbocycles. The second-order valence-corrected chi connectivity index (χ2v) is 13.4. The standard InChI is InChI=1S/C36H50N6O8/c1-4-5-20-49-36(48)41-17-15-40(16-18-41)35(47)27(13-19-43)39-32(44)29-22-31(26-12-11-23(2)21-28(26)38-29)50-24(3)34(46)42-14-7-10-30(42)33(45)37-25-8-6-9-25/h11-12,21-22,24-25,27,30,43H,4-10,13-20H2,1-3H3,(H,37,45)(H,39,44)/t24-,27+,30+/m1/s1. The summed E-state index contributed by atoms with van der Waals surface area (Å²) in [5.74, 6) is -1.20. The summed E-state index contributed by atoms with van der Waals surface area (Å²) < 4.78 is 11.5. The fourth-order valence-electron chi connectivity index (χ4n) is 6.49. The van der Waals surface area contributed by atoms with Crippen molar-refractivity contribution in [1.82, 2.24) is 30.3 Å². The molecule has 3 aliphatic rings. The molecule has 272 valence electrons. The topological polar surface area (TPSA) is 171 Å². The minimum absolute atomic E-state index is 0.0171. The number of pyridine rings is 1. The predicted octanol–water partition coefficient (Wildman–Crippen LogP) is 2.53. The van der Waals surface area contributed by atoms with Crippen LogP contribution in [0.15, 0.2) is 24.3 Å². The number of fused-ring (bicyclic) bond motifs is 1. The van der Waals surface area contributed by atoms with Crippen LogP contribution in [0, 0.1) is 6.92 Å². The molecule has 2 aromatic rings. The molecule has 3 atom stereocenters. The van der Waals surface area contributed by atoms with Crippen LogP contribution in [0.25, 0.3) is 10.9 Å². The van der Waals surface area contributed by atoms with Crippen LogP contribution < -0.4 is 15.4 Å².